The van der Waals surface area contributed by atoms with Crippen LogP contribution < -0.4 is 4.74 Å². The Balaban J connectivity index is 1.41. The first kappa shape index (κ1) is 19.7. The molecule has 0 saturated carbocycles. The normalized spacial score (nSPS) is 10.6. The van der Waals surface area contributed by atoms with Gasteiger partial charge in [-0.2, -0.15) is 0 Å². The first-order valence-electron chi connectivity index (χ1n) is 10.1. The van der Waals surface area contributed by atoms with E-state index in [2.05, 4.69) is 55.5 Å². The molecule has 0 aliphatic rings. The molecule has 4 aromatic carbocycles. The number of carbonyl (C=O) groups is 1. The summed E-state index contributed by atoms with van der Waals surface area (Å²) in [6.07, 6.45) is 0.266. The lowest BCUT2D eigenvalue weighted by molar-refractivity contribution is -0.133. The van der Waals surface area contributed by atoms with Crippen LogP contribution in [-0.2, 0) is 11.2 Å². The van der Waals surface area contributed by atoms with Crippen molar-refractivity contribution in [2.75, 3.05) is 0 Å². The molecular weight excluding hydrogens is 368 g/mol. The van der Waals surface area contributed by atoms with Crippen LogP contribution in [0.25, 0.3) is 22.3 Å². The predicted molar refractivity (Wildman–Crippen MR) is 123 cm³/mol. The summed E-state index contributed by atoms with van der Waals surface area (Å²) >= 11 is 0. The van der Waals surface area contributed by atoms with Crippen LogP contribution in [0.5, 0.6) is 5.75 Å². The average Bonchev–Trinajstić information content (AvgIpc) is 2.77. The number of ether oxygens (including phenoxy) is 1. The topological polar surface area (TPSA) is 26.3 Å². The Morgan fingerprint density at radius 1 is 0.567 bits per heavy atom. The van der Waals surface area contributed by atoms with E-state index < -0.39 is 0 Å². The molecule has 0 fully saturated rings. The maximum absolute atomic E-state index is 12.2. The standard InChI is InChI=1S/C28H24O2/c1-20-3-7-22(8-4-20)19-28(29)30-27-17-15-26(16-18-27)25-13-11-24(12-14-25)23-9-5-21(2)6-10-23/h3-18H,19H2,1-2H3. The predicted octanol–water partition coefficient (Wildman–Crippen LogP) is 6.79. The Hall–Kier alpha value is -3.65. The van der Waals surface area contributed by atoms with Crippen LogP contribution in [0.4, 0.5) is 0 Å². The van der Waals surface area contributed by atoms with E-state index in [9.17, 15) is 4.79 Å². The number of esters is 1. The summed E-state index contributed by atoms with van der Waals surface area (Å²) in [5.74, 6) is 0.307. The second kappa shape index (κ2) is 8.79. The van der Waals surface area contributed by atoms with Crippen LogP contribution >= 0.6 is 0 Å². The third kappa shape index (κ3) is 4.84. The van der Waals surface area contributed by atoms with Crippen molar-refractivity contribution in [1.82, 2.24) is 0 Å². The van der Waals surface area contributed by atoms with Gasteiger partial charge in [0.1, 0.15) is 5.75 Å². The largest absolute Gasteiger partial charge is 0.426 e. The zero-order valence-electron chi connectivity index (χ0n) is 17.3. The lowest BCUT2D eigenvalue weighted by Gasteiger charge is -2.08. The summed E-state index contributed by atoms with van der Waals surface area (Å²) in [7, 11) is 0. The van der Waals surface area contributed by atoms with E-state index in [4.69, 9.17) is 4.74 Å². The summed E-state index contributed by atoms with van der Waals surface area (Å²) in [6.45, 7) is 4.12. The minimum Gasteiger partial charge on any atom is -0.426 e. The maximum atomic E-state index is 12.2. The fourth-order valence-electron chi connectivity index (χ4n) is 3.36. The van der Waals surface area contributed by atoms with E-state index >= 15 is 0 Å². The fourth-order valence-corrected chi connectivity index (χ4v) is 3.36. The number of hydrogen-bond acceptors (Lipinski definition) is 2. The molecule has 4 rings (SSSR count). The highest BCUT2D eigenvalue weighted by atomic mass is 16.5. The summed E-state index contributed by atoms with van der Waals surface area (Å²) in [6, 6.07) is 32.6. The summed E-state index contributed by atoms with van der Waals surface area (Å²) < 4.78 is 5.49. The molecule has 0 N–H and O–H groups in total. The van der Waals surface area contributed by atoms with Crippen molar-refractivity contribution in [3.05, 3.63) is 114 Å². The molecular formula is C28H24O2. The number of hydrogen-bond donors (Lipinski definition) is 0. The molecule has 0 heterocycles. The molecule has 2 nitrogen and oxygen atoms in total. The zero-order valence-corrected chi connectivity index (χ0v) is 17.3. The third-order valence-electron chi connectivity index (χ3n) is 5.16. The second-order valence-corrected chi connectivity index (χ2v) is 7.60. The van der Waals surface area contributed by atoms with Gasteiger partial charge in [-0.15, -0.1) is 0 Å². The number of carbonyl (C=O) groups excluding carboxylic acids is 1. The van der Waals surface area contributed by atoms with Gasteiger partial charge in [-0.3, -0.25) is 4.79 Å². The molecule has 0 spiro atoms. The highest BCUT2D eigenvalue weighted by molar-refractivity contribution is 5.76. The van der Waals surface area contributed by atoms with Crippen molar-refractivity contribution in [1.29, 1.82) is 0 Å². The number of benzene rings is 4. The number of aryl methyl sites for hydroxylation is 2. The smallest absolute Gasteiger partial charge is 0.315 e. The van der Waals surface area contributed by atoms with Crippen molar-refractivity contribution in [3.8, 4) is 28.0 Å². The van der Waals surface area contributed by atoms with Crippen molar-refractivity contribution in [3.63, 3.8) is 0 Å². The summed E-state index contributed by atoms with van der Waals surface area (Å²) in [5.41, 5.74) is 8.01. The molecule has 4 aromatic rings. The molecule has 0 atom stereocenters. The summed E-state index contributed by atoms with van der Waals surface area (Å²) in [5, 5.41) is 0. The van der Waals surface area contributed by atoms with Crippen LogP contribution in [0.2, 0.25) is 0 Å². The Morgan fingerprint density at radius 3 is 1.40 bits per heavy atom. The Kier molecular flexibility index (Phi) is 5.76. The van der Waals surface area contributed by atoms with Crippen molar-refractivity contribution < 1.29 is 9.53 Å². The van der Waals surface area contributed by atoms with Gasteiger partial charge in [0.25, 0.3) is 0 Å². The van der Waals surface area contributed by atoms with Gasteiger partial charge in [0, 0.05) is 0 Å². The maximum Gasteiger partial charge on any atom is 0.315 e. The van der Waals surface area contributed by atoms with Gasteiger partial charge in [-0.05, 0) is 53.8 Å². The molecule has 0 bridgehead atoms. The van der Waals surface area contributed by atoms with E-state index in [0.29, 0.717) is 5.75 Å². The molecule has 0 aliphatic carbocycles. The zero-order chi connectivity index (χ0) is 20.9. The Bertz CT molecular complexity index is 1120. The van der Waals surface area contributed by atoms with E-state index in [-0.39, 0.29) is 12.4 Å². The van der Waals surface area contributed by atoms with Crippen LogP contribution in [0, 0.1) is 13.8 Å². The highest BCUT2D eigenvalue weighted by Gasteiger charge is 2.07. The minimum atomic E-state index is -0.256. The molecule has 30 heavy (non-hydrogen) atoms. The van der Waals surface area contributed by atoms with E-state index in [1.165, 1.54) is 22.3 Å². The Labute approximate surface area is 177 Å². The lowest BCUT2D eigenvalue weighted by atomic mass is 10.00. The van der Waals surface area contributed by atoms with E-state index in [1.54, 1.807) is 0 Å². The minimum absolute atomic E-state index is 0.256. The fraction of sp³-hybridized carbons (Fsp3) is 0.107. The highest BCUT2D eigenvalue weighted by Crippen LogP contribution is 2.26. The van der Waals surface area contributed by atoms with Gasteiger partial charge >= 0.3 is 5.97 Å². The van der Waals surface area contributed by atoms with Crippen molar-refractivity contribution in [2.45, 2.75) is 20.3 Å². The third-order valence-corrected chi connectivity index (χ3v) is 5.16. The van der Waals surface area contributed by atoms with Gasteiger partial charge < -0.3 is 4.74 Å². The SMILES string of the molecule is Cc1ccc(CC(=O)Oc2ccc(-c3ccc(-c4ccc(C)cc4)cc3)cc2)cc1. The van der Waals surface area contributed by atoms with Crippen LogP contribution in [-0.4, -0.2) is 5.97 Å². The second-order valence-electron chi connectivity index (χ2n) is 7.60. The molecule has 0 aromatic heterocycles. The Morgan fingerprint density at radius 2 is 0.933 bits per heavy atom. The number of rotatable bonds is 5. The van der Waals surface area contributed by atoms with Crippen molar-refractivity contribution in [2.24, 2.45) is 0 Å². The molecule has 0 saturated heterocycles. The lowest BCUT2D eigenvalue weighted by Crippen LogP contribution is -2.11. The van der Waals surface area contributed by atoms with Crippen LogP contribution in [0.3, 0.4) is 0 Å². The molecule has 0 radical (unpaired) electrons. The molecule has 148 valence electrons. The summed E-state index contributed by atoms with van der Waals surface area (Å²) in [4.78, 5) is 12.2. The quantitative estimate of drug-likeness (QED) is 0.276. The van der Waals surface area contributed by atoms with Crippen LogP contribution in [0.1, 0.15) is 16.7 Å². The van der Waals surface area contributed by atoms with Crippen LogP contribution in [0.15, 0.2) is 97.1 Å². The van der Waals surface area contributed by atoms with E-state index in [1.807, 2.05) is 55.5 Å². The molecule has 2 heteroatoms. The first-order chi connectivity index (χ1) is 14.6. The van der Waals surface area contributed by atoms with Gasteiger partial charge in [0.2, 0.25) is 0 Å². The monoisotopic (exact) mass is 392 g/mol. The molecule has 0 aliphatic heterocycles. The van der Waals surface area contributed by atoms with Crippen molar-refractivity contribution >= 4 is 5.97 Å². The first-order valence-corrected chi connectivity index (χ1v) is 10.1. The van der Waals surface area contributed by atoms with Gasteiger partial charge in [-0.1, -0.05) is 96.1 Å². The van der Waals surface area contributed by atoms with Gasteiger partial charge in [0.05, 0.1) is 6.42 Å². The van der Waals surface area contributed by atoms with Gasteiger partial charge in [0.15, 0.2) is 0 Å². The molecule has 0 unspecified atom stereocenters. The van der Waals surface area contributed by atoms with Gasteiger partial charge in [-0.25, -0.2) is 0 Å². The average molecular weight is 392 g/mol. The molecule has 0 amide bonds. The van der Waals surface area contributed by atoms with E-state index in [0.717, 1.165) is 16.7 Å².